The van der Waals surface area contributed by atoms with E-state index in [1.807, 2.05) is 24.3 Å². The first-order valence-corrected chi connectivity index (χ1v) is 8.14. The largest absolute Gasteiger partial charge is 0.371 e. The molecule has 0 spiro atoms. The van der Waals surface area contributed by atoms with Crippen LogP contribution >= 0.6 is 0 Å². The van der Waals surface area contributed by atoms with Crippen molar-refractivity contribution < 1.29 is 13.6 Å². The minimum absolute atomic E-state index is 0.0860. The SMILES string of the molecule is CC1CCCN(c2ccc(NC(=O)c3ccc(F)c(F)c3)cc2)C1. The van der Waals surface area contributed by atoms with Gasteiger partial charge in [0, 0.05) is 30.0 Å². The molecule has 3 nitrogen and oxygen atoms in total. The quantitative estimate of drug-likeness (QED) is 0.901. The first kappa shape index (κ1) is 16.4. The second-order valence-corrected chi connectivity index (χ2v) is 6.32. The highest BCUT2D eigenvalue weighted by Crippen LogP contribution is 2.24. The number of benzene rings is 2. The maximum Gasteiger partial charge on any atom is 0.255 e. The summed E-state index contributed by atoms with van der Waals surface area (Å²) in [6.07, 6.45) is 2.45. The van der Waals surface area contributed by atoms with Gasteiger partial charge in [-0.1, -0.05) is 6.92 Å². The number of carbonyl (C=O) groups is 1. The Balaban J connectivity index is 1.67. The summed E-state index contributed by atoms with van der Waals surface area (Å²) < 4.78 is 26.1. The lowest BCUT2D eigenvalue weighted by atomic mass is 10.00. The average Bonchev–Trinajstić information content (AvgIpc) is 2.58. The fraction of sp³-hybridized carbons (Fsp3) is 0.316. The summed E-state index contributed by atoms with van der Waals surface area (Å²) in [6.45, 7) is 4.34. The van der Waals surface area contributed by atoms with Crippen molar-refractivity contribution >= 4 is 17.3 Å². The number of anilines is 2. The van der Waals surface area contributed by atoms with E-state index in [4.69, 9.17) is 0 Å². The number of carbonyl (C=O) groups excluding carboxylic acids is 1. The van der Waals surface area contributed by atoms with Crippen molar-refractivity contribution in [3.8, 4) is 0 Å². The summed E-state index contributed by atoms with van der Waals surface area (Å²) in [5, 5.41) is 2.70. The molecule has 1 unspecified atom stereocenters. The van der Waals surface area contributed by atoms with Crippen LogP contribution in [-0.2, 0) is 0 Å². The molecule has 5 heteroatoms. The first-order chi connectivity index (χ1) is 11.5. The van der Waals surface area contributed by atoms with E-state index in [0.29, 0.717) is 11.6 Å². The monoisotopic (exact) mass is 330 g/mol. The molecule has 0 aromatic heterocycles. The Morgan fingerprint density at radius 2 is 1.88 bits per heavy atom. The summed E-state index contributed by atoms with van der Waals surface area (Å²) in [5.74, 6) is -1.77. The molecule has 0 bridgehead atoms. The predicted molar refractivity (Wildman–Crippen MR) is 91.4 cm³/mol. The van der Waals surface area contributed by atoms with E-state index >= 15 is 0 Å². The smallest absolute Gasteiger partial charge is 0.255 e. The van der Waals surface area contributed by atoms with Crippen molar-refractivity contribution in [1.82, 2.24) is 0 Å². The van der Waals surface area contributed by atoms with Gasteiger partial charge in [-0.3, -0.25) is 4.79 Å². The molecule has 2 aromatic rings. The van der Waals surface area contributed by atoms with Gasteiger partial charge in [0.05, 0.1) is 0 Å². The van der Waals surface area contributed by atoms with Crippen LogP contribution in [0.4, 0.5) is 20.2 Å². The molecule has 24 heavy (non-hydrogen) atoms. The van der Waals surface area contributed by atoms with Gasteiger partial charge in [-0.15, -0.1) is 0 Å². The Labute approximate surface area is 140 Å². The van der Waals surface area contributed by atoms with E-state index in [1.165, 1.54) is 18.9 Å². The number of hydrogen-bond donors (Lipinski definition) is 1. The zero-order valence-corrected chi connectivity index (χ0v) is 13.6. The van der Waals surface area contributed by atoms with Crippen molar-refractivity contribution in [3.63, 3.8) is 0 Å². The first-order valence-electron chi connectivity index (χ1n) is 8.14. The third-order valence-electron chi connectivity index (χ3n) is 4.33. The maximum atomic E-state index is 13.2. The molecular formula is C19H20F2N2O. The second kappa shape index (κ2) is 6.99. The molecule has 1 fully saturated rings. The van der Waals surface area contributed by atoms with Gasteiger partial charge in [-0.25, -0.2) is 8.78 Å². The Hall–Kier alpha value is -2.43. The number of hydrogen-bond acceptors (Lipinski definition) is 2. The summed E-state index contributed by atoms with van der Waals surface area (Å²) >= 11 is 0. The Morgan fingerprint density at radius 3 is 2.54 bits per heavy atom. The normalized spacial score (nSPS) is 17.6. The highest BCUT2D eigenvalue weighted by molar-refractivity contribution is 6.04. The topological polar surface area (TPSA) is 32.3 Å². The number of rotatable bonds is 3. The van der Waals surface area contributed by atoms with Gasteiger partial charge in [0.25, 0.3) is 5.91 Å². The van der Waals surface area contributed by atoms with E-state index in [-0.39, 0.29) is 5.56 Å². The fourth-order valence-corrected chi connectivity index (χ4v) is 3.02. The van der Waals surface area contributed by atoms with Crippen molar-refractivity contribution in [3.05, 3.63) is 59.7 Å². The summed E-state index contributed by atoms with van der Waals surface area (Å²) in [6, 6.07) is 10.7. The molecule has 3 rings (SSSR count). The van der Waals surface area contributed by atoms with Gasteiger partial charge in [0.1, 0.15) is 0 Å². The van der Waals surface area contributed by atoms with Crippen LogP contribution in [0.15, 0.2) is 42.5 Å². The molecule has 1 heterocycles. The Bertz CT molecular complexity index is 731. The standard InChI is InChI=1S/C19H20F2N2O/c1-13-3-2-10-23(12-13)16-7-5-15(6-8-16)22-19(24)14-4-9-17(20)18(21)11-14/h4-9,11,13H,2-3,10,12H2,1H3,(H,22,24). The van der Waals surface area contributed by atoms with Crippen molar-refractivity contribution in [1.29, 1.82) is 0 Å². The van der Waals surface area contributed by atoms with Crippen molar-refractivity contribution in [2.24, 2.45) is 5.92 Å². The molecule has 1 aliphatic heterocycles. The Morgan fingerprint density at radius 1 is 1.12 bits per heavy atom. The fourth-order valence-electron chi connectivity index (χ4n) is 3.02. The molecule has 2 aromatic carbocycles. The average molecular weight is 330 g/mol. The van der Waals surface area contributed by atoms with E-state index in [0.717, 1.165) is 30.9 Å². The van der Waals surface area contributed by atoms with E-state index in [9.17, 15) is 13.6 Å². The minimum atomic E-state index is -1.03. The summed E-state index contributed by atoms with van der Waals surface area (Å²) in [4.78, 5) is 14.4. The molecule has 1 aliphatic rings. The number of piperidine rings is 1. The van der Waals surface area contributed by atoms with Gasteiger partial charge in [-0.05, 0) is 61.2 Å². The number of amides is 1. The molecule has 0 aliphatic carbocycles. The third kappa shape index (κ3) is 3.72. The van der Waals surface area contributed by atoms with Crippen molar-refractivity contribution in [2.45, 2.75) is 19.8 Å². The van der Waals surface area contributed by atoms with Crippen LogP contribution < -0.4 is 10.2 Å². The highest BCUT2D eigenvalue weighted by Gasteiger charge is 2.16. The predicted octanol–water partition coefficient (Wildman–Crippen LogP) is 4.45. The van der Waals surface area contributed by atoms with Crippen LogP contribution in [0.1, 0.15) is 30.1 Å². The van der Waals surface area contributed by atoms with E-state index in [1.54, 1.807) is 0 Å². The van der Waals surface area contributed by atoms with Gasteiger partial charge in [-0.2, -0.15) is 0 Å². The number of nitrogens with one attached hydrogen (secondary N) is 1. The second-order valence-electron chi connectivity index (χ2n) is 6.32. The lowest BCUT2D eigenvalue weighted by Crippen LogP contribution is -2.34. The third-order valence-corrected chi connectivity index (χ3v) is 4.33. The Kier molecular flexibility index (Phi) is 4.79. The van der Waals surface area contributed by atoms with Crippen LogP contribution in [0.5, 0.6) is 0 Å². The van der Waals surface area contributed by atoms with E-state index in [2.05, 4.69) is 17.1 Å². The van der Waals surface area contributed by atoms with Crippen LogP contribution in [0, 0.1) is 17.6 Å². The number of halogens is 2. The molecular weight excluding hydrogens is 310 g/mol. The van der Waals surface area contributed by atoms with Gasteiger partial charge < -0.3 is 10.2 Å². The molecule has 1 N–H and O–H groups in total. The molecule has 1 amide bonds. The summed E-state index contributed by atoms with van der Waals surface area (Å²) in [7, 11) is 0. The van der Waals surface area contributed by atoms with Crippen LogP contribution in [-0.4, -0.2) is 19.0 Å². The zero-order valence-electron chi connectivity index (χ0n) is 13.6. The van der Waals surface area contributed by atoms with Crippen LogP contribution in [0.25, 0.3) is 0 Å². The molecule has 1 saturated heterocycles. The molecule has 1 atom stereocenters. The van der Waals surface area contributed by atoms with E-state index < -0.39 is 17.5 Å². The highest BCUT2D eigenvalue weighted by atomic mass is 19.2. The lowest BCUT2D eigenvalue weighted by Gasteiger charge is -2.32. The molecule has 0 radical (unpaired) electrons. The maximum absolute atomic E-state index is 13.2. The molecule has 0 saturated carbocycles. The lowest BCUT2D eigenvalue weighted by molar-refractivity contribution is 0.102. The number of nitrogens with zero attached hydrogens (tertiary/aromatic N) is 1. The minimum Gasteiger partial charge on any atom is -0.371 e. The zero-order chi connectivity index (χ0) is 17.1. The van der Waals surface area contributed by atoms with Gasteiger partial charge in [0.15, 0.2) is 11.6 Å². The van der Waals surface area contributed by atoms with Gasteiger partial charge >= 0.3 is 0 Å². The van der Waals surface area contributed by atoms with Crippen LogP contribution in [0.2, 0.25) is 0 Å². The van der Waals surface area contributed by atoms with Crippen molar-refractivity contribution in [2.75, 3.05) is 23.3 Å². The van der Waals surface area contributed by atoms with Gasteiger partial charge in [0.2, 0.25) is 0 Å². The van der Waals surface area contributed by atoms with Crippen LogP contribution in [0.3, 0.4) is 0 Å². The summed E-state index contributed by atoms with van der Waals surface area (Å²) in [5.41, 5.74) is 1.84. The molecule has 126 valence electrons.